The Kier molecular flexibility index (Phi) is 5.19. The largest absolute Gasteiger partial charge is 0.404 e. The van der Waals surface area contributed by atoms with Gasteiger partial charge in [0.25, 0.3) is 8.32 Å². The average molecular weight is 529 g/mol. The highest BCUT2D eigenvalue weighted by Crippen LogP contribution is 2.63. The topological polar surface area (TPSA) is 37.9 Å². The number of fused-ring (bicyclic) bond motifs is 1. The zero-order valence-electron chi connectivity index (χ0n) is 17.8. The Morgan fingerprint density at radius 1 is 0.933 bits per heavy atom. The minimum absolute atomic E-state index is 0.0430. The monoisotopic (exact) mass is 528 g/mol. The van der Waals surface area contributed by atoms with Crippen molar-refractivity contribution in [2.75, 3.05) is 0 Å². The van der Waals surface area contributed by atoms with Crippen LogP contribution < -0.4 is 10.4 Å². The Morgan fingerprint density at radius 3 is 1.90 bits per heavy atom. The van der Waals surface area contributed by atoms with Gasteiger partial charge in [0.2, 0.25) is 0 Å². The number of benzene rings is 2. The maximum atomic E-state index is 7.34. The SMILES string of the molecule is CC(C)(C)[Si](OC1C[C@@H]2[C@H](C1)[C@@H]2c1cc(I)n[nH]1)(c1ccccc1)c1ccccc1. The molecule has 0 saturated heterocycles. The van der Waals surface area contributed by atoms with Gasteiger partial charge in [-0.25, -0.2) is 0 Å². The third-order valence-corrected chi connectivity index (χ3v) is 12.7. The van der Waals surface area contributed by atoms with Gasteiger partial charge in [-0.1, -0.05) is 81.4 Å². The zero-order valence-corrected chi connectivity index (χ0v) is 21.0. The molecular weight excluding hydrogens is 499 g/mol. The molecule has 5 rings (SSSR count). The fourth-order valence-electron chi connectivity index (χ4n) is 5.77. The molecule has 2 aliphatic rings. The summed E-state index contributed by atoms with van der Waals surface area (Å²) in [6.45, 7) is 7.10. The summed E-state index contributed by atoms with van der Waals surface area (Å²) in [6, 6.07) is 24.2. The smallest absolute Gasteiger partial charge is 0.261 e. The van der Waals surface area contributed by atoms with Gasteiger partial charge in [0.15, 0.2) is 0 Å². The van der Waals surface area contributed by atoms with Crippen LogP contribution in [0.25, 0.3) is 0 Å². The van der Waals surface area contributed by atoms with Crippen molar-refractivity contribution in [2.24, 2.45) is 11.8 Å². The van der Waals surface area contributed by atoms with Crippen molar-refractivity contribution in [3.05, 3.63) is 76.1 Å². The first-order valence-corrected chi connectivity index (χ1v) is 13.9. The molecule has 2 saturated carbocycles. The fraction of sp³-hybridized carbons (Fsp3) is 0.400. The van der Waals surface area contributed by atoms with E-state index in [-0.39, 0.29) is 5.04 Å². The first-order valence-electron chi connectivity index (χ1n) is 10.9. The van der Waals surface area contributed by atoms with Crippen LogP contribution in [0.3, 0.4) is 0 Å². The molecule has 2 aliphatic carbocycles. The van der Waals surface area contributed by atoms with Crippen molar-refractivity contribution < 1.29 is 4.43 Å². The number of rotatable bonds is 5. The van der Waals surface area contributed by atoms with Gasteiger partial charge in [-0.2, -0.15) is 5.10 Å². The molecule has 0 amide bonds. The maximum Gasteiger partial charge on any atom is 0.261 e. The summed E-state index contributed by atoms with van der Waals surface area (Å²) < 4.78 is 8.40. The van der Waals surface area contributed by atoms with E-state index in [1.54, 1.807) is 0 Å². The van der Waals surface area contributed by atoms with Gasteiger partial charge in [-0.3, -0.25) is 5.10 Å². The molecule has 1 aromatic heterocycles. The number of aromatic nitrogens is 2. The number of nitrogens with one attached hydrogen (secondary N) is 1. The lowest BCUT2D eigenvalue weighted by Crippen LogP contribution is -2.67. The molecule has 1 N–H and O–H groups in total. The van der Waals surface area contributed by atoms with Crippen LogP contribution >= 0.6 is 22.6 Å². The fourth-order valence-corrected chi connectivity index (χ4v) is 10.9. The van der Waals surface area contributed by atoms with Crippen LogP contribution in [0.15, 0.2) is 66.7 Å². The molecule has 4 atom stereocenters. The summed E-state index contributed by atoms with van der Waals surface area (Å²) in [5.74, 6) is 2.13. The first kappa shape index (κ1) is 20.5. The van der Waals surface area contributed by atoms with Gasteiger partial charge >= 0.3 is 0 Å². The molecule has 3 aromatic rings. The van der Waals surface area contributed by atoms with Crippen molar-refractivity contribution in [1.82, 2.24) is 10.2 Å². The number of aromatic amines is 1. The third-order valence-electron chi connectivity index (χ3n) is 7.09. The molecule has 5 heteroatoms. The van der Waals surface area contributed by atoms with Gasteiger partial charge in [0.05, 0.1) is 0 Å². The highest BCUT2D eigenvalue weighted by atomic mass is 127. The van der Waals surface area contributed by atoms with Gasteiger partial charge in [-0.15, -0.1) is 0 Å². The second-order valence-corrected chi connectivity index (χ2v) is 15.2. The summed E-state index contributed by atoms with van der Waals surface area (Å²) in [6.07, 6.45) is 2.66. The van der Waals surface area contributed by atoms with Crippen LogP contribution in [-0.4, -0.2) is 24.6 Å². The second kappa shape index (κ2) is 7.60. The Labute approximate surface area is 193 Å². The van der Waals surface area contributed by atoms with Crippen LogP contribution in [0.4, 0.5) is 0 Å². The minimum Gasteiger partial charge on any atom is -0.404 e. The first-order chi connectivity index (χ1) is 14.4. The minimum atomic E-state index is -2.44. The normalized spacial score (nSPS) is 25.9. The quantitative estimate of drug-likeness (QED) is 0.371. The Bertz CT molecular complexity index is 963. The van der Waals surface area contributed by atoms with Crippen molar-refractivity contribution in [3.8, 4) is 0 Å². The molecule has 3 nitrogen and oxygen atoms in total. The van der Waals surface area contributed by atoms with E-state index in [0.717, 1.165) is 28.4 Å². The number of hydrogen-bond acceptors (Lipinski definition) is 2. The van der Waals surface area contributed by atoms with Crippen molar-refractivity contribution in [2.45, 2.75) is 50.7 Å². The van der Waals surface area contributed by atoms with Crippen LogP contribution in [0, 0.1) is 15.5 Å². The van der Waals surface area contributed by atoms with Gasteiger partial charge in [0.1, 0.15) is 3.70 Å². The zero-order chi connectivity index (χ0) is 20.9. The molecule has 1 unspecified atom stereocenters. The summed E-state index contributed by atoms with van der Waals surface area (Å²) >= 11 is 2.29. The molecule has 1 heterocycles. The van der Waals surface area contributed by atoms with Crippen LogP contribution in [0.1, 0.15) is 45.2 Å². The maximum absolute atomic E-state index is 7.34. The van der Waals surface area contributed by atoms with E-state index in [1.165, 1.54) is 16.1 Å². The number of H-pyrrole nitrogens is 1. The molecule has 0 bridgehead atoms. The van der Waals surface area contributed by atoms with Crippen LogP contribution in [0.5, 0.6) is 0 Å². The van der Waals surface area contributed by atoms with E-state index in [2.05, 4.69) is 120 Å². The van der Waals surface area contributed by atoms with E-state index in [1.807, 2.05) is 0 Å². The molecule has 156 valence electrons. The summed E-state index contributed by atoms with van der Waals surface area (Å²) in [7, 11) is -2.44. The second-order valence-electron chi connectivity index (χ2n) is 9.87. The molecular formula is C25H29IN2OSi. The van der Waals surface area contributed by atoms with Gasteiger partial charge in [-0.05, 0) is 68.7 Å². The molecule has 0 radical (unpaired) electrons. The summed E-state index contributed by atoms with van der Waals surface area (Å²) in [4.78, 5) is 0. The highest BCUT2D eigenvalue weighted by Gasteiger charge is 2.60. The lowest BCUT2D eigenvalue weighted by atomic mass is 10.1. The lowest BCUT2D eigenvalue weighted by molar-refractivity contribution is 0.177. The van der Waals surface area contributed by atoms with E-state index < -0.39 is 8.32 Å². The van der Waals surface area contributed by atoms with Crippen molar-refractivity contribution >= 4 is 41.3 Å². The van der Waals surface area contributed by atoms with Crippen LogP contribution in [-0.2, 0) is 4.43 Å². The molecule has 30 heavy (non-hydrogen) atoms. The van der Waals surface area contributed by atoms with Crippen molar-refractivity contribution in [1.29, 1.82) is 0 Å². The third kappa shape index (κ3) is 3.39. The highest BCUT2D eigenvalue weighted by molar-refractivity contribution is 14.1. The van der Waals surface area contributed by atoms with Crippen molar-refractivity contribution in [3.63, 3.8) is 0 Å². The Hall–Kier alpha value is -1.44. The number of hydrogen-bond donors (Lipinski definition) is 1. The predicted molar refractivity (Wildman–Crippen MR) is 133 cm³/mol. The van der Waals surface area contributed by atoms with E-state index >= 15 is 0 Å². The number of halogens is 1. The molecule has 0 aliphatic heterocycles. The van der Waals surface area contributed by atoms with E-state index in [0.29, 0.717) is 12.0 Å². The molecule has 2 fully saturated rings. The van der Waals surface area contributed by atoms with E-state index in [9.17, 15) is 0 Å². The summed E-state index contributed by atoms with van der Waals surface area (Å²) in [5, 5.41) is 10.4. The van der Waals surface area contributed by atoms with E-state index in [4.69, 9.17) is 4.43 Å². The molecule has 2 aromatic carbocycles. The van der Waals surface area contributed by atoms with Gasteiger partial charge < -0.3 is 4.43 Å². The summed E-state index contributed by atoms with van der Waals surface area (Å²) in [5.41, 5.74) is 1.32. The lowest BCUT2D eigenvalue weighted by Gasteiger charge is -2.45. The standard InChI is InChI=1S/C25H29IN2OSi/c1-25(2,3)30(18-10-6-4-7-11-18,19-12-8-5-9-13-19)29-17-14-20-21(15-17)24(20)22-16-23(26)28-27-22/h4-13,16-17,20-21,24H,14-15H2,1-3H3,(H,27,28)/t17?,20-,21+,24-. The number of nitrogens with zero attached hydrogens (tertiary/aromatic N) is 1. The van der Waals surface area contributed by atoms with Crippen LogP contribution in [0.2, 0.25) is 5.04 Å². The average Bonchev–Trinajstić information content (AvgIpc) is 3.05. The predicted octanol–water partition coefficient (Wildman–Crippen LogP) is 5.08. The Balaban J connectivity index is 1.46. The van der Waals surface area contributed by atoms with Gasteiger partial charge in [0, 0.05) is 17.7 Å². The Morgan fingerprint density at radius 2 is 1.47 bits per heavy atom. The molecule has 0 spiro atoms.